The molecule has 0 aliphatic carbocycles. The van der Waals surface area contributed by atoms with Gasteiger partial charge < -0.3 is 15.0 Å². The number of aromatic nitrogens is 1. The van der Waals surface area contributed by atoms with Crippen LogP contribution in [0.25, 0.3) is 0 Å². The number of rotatable bonds is 5. The maximum absolute atomic E-state index is 12.4. The molecule has 0 saturated carbocycles. The Morgan fingerprint density at radius 1 is 1.23 bits per heavy atom. The fourth-order valence-corrected chi connectivity index (χ4v) is 3.68. The van der Waals surface area contributed by atoms with Crippen LogP contribution in [0.5, 0.6) is 5.75 Å². The van der Waals surface area contributed by atoms with E-state index in [1.165, 1.54) is 12.1 Å². The number of hydrogen-bond donors (Lipinski definition) is 1. The summed E-state index contributed by atoms with van der Waals surface area (Å²) in [6, 6.07) is 8.09. The van der Waals surface area contributed by atoms with Crippen molar-refractivity contribution in [2.75, 3.05) is 10.2 Å². The number of aryl methyl sites for hydroxylation is 1. The van der Waals surface area contributed by atoms with Gasteiger partial charge in [-0.3, -0.25) is 4.79 Å². The molecule has 5 nitrogen and oxygen atoms in total. The first kappa shape index (κ1) is 22.9. The first-order valence-corrected chi connectivity index (χ1v) is 10.2. The number of anilines is 2. The number of ether oxygens (including phenoxy) is 1. The molecule has 0 bridgehead atoms. The number of amides is 1. The zero-order valence-corrected chi connectivity index (χ0v) is 18.4. The molecule has 1 aliphatic heterocycles. The highest BCUT2D eigenvalue weighted by Gasteiger charge is 2.31. The molecule has 31 heavy (non-hydrogen) atoms. The third-order valence-electron chi connectivity index (χ3n) is 5.06. The predicted molar refractivity (Wildman–Crippen MR) is 114 cm³/mol. The van der Waals surface area contributed by atoms with Gasteiger partial charge in [0, 0.05) is 25.4 Å². The van der Waals surface area contributed by atoms with E-state index in [9.17, 15) is 18.0 Å². The van der Waals surface area contributed by atoms with Gasteiger partial charge in [0.15, 0.2) is 0 Å². The van der Waals surface area contributed by atoms with Gasteiger partial charge in [-0.05, 0) is 48.6 Å². The standard InChI is InChI=1S/C23H28F3N3O2/c1-14-10-19-18(27-21(14)28-20(30)12-22(3,4)5)11-15(2)29(19)13-16-6-8-17(9-7-16)31-23(24,25)26/h6-10,15H,11-13H2,1-5H3,(H,27,28,30)/t15-/m0/s1. The van der Waals surface area contributed by atoms with Gasteiger partial charge in [0.25, 0.3) is 0 Å². The lowest BCUT2D eigenvalue weighted by Crippen LogP contribution is -2.28. The predicted octanol–water partition coefficient (Wildman–Crippen LogP) is 5.61. The van der Waals surface area contributed by atoms with Gasteiger partial charge in [-0.25, -0.2) is 4.98 Å². The molecule has 1 atom stereocenters. The summed E-state index contributed by atoms with van der Waals surface area (Å²) in [5, 5.41) is 2.93. The monoisotopic (exact) mass is 435 g/mol. The normalized spacial score (nSPS) is 16.3. The minimum absolute atomic E-state index is 0.0629. The number of alkyl halides is 3. The van der Waals surface area contributed by atoms with E-state index in [2.05, 4.69) is 21.9 Å². The number of halogens is 3. The van der Waals surface area contributed by atoms with Crippen LogP contribution in [0.3, 0.4) is 0 Å². The third-order valence-corrected chi connectivity index (χ3v) is 5.06. The van der Waals surface area contributed by atoms with Gasteiger partial charge in [-0.1, -0.05) is 32.9 Å². The fraction of sp³-hybridized carbons (Fsp3) is 0.478. The maximum atomic E-state index is 12.4. The number of hydrogen-bond acceptors (Lipinski definition) is 4. The molecular formula is C23H28F3N3O2. The molecule has 0 saturated heterocycles. The Bertz CT molecular complexity index is 950. The van der Waals surface area contributed by atoms with Crippen molar-refractivity contribution in [3.63, 3.8) is 0 Å². The van der Waals surface area contributed by atoms with Crippen molar-refractivity contribution in [1.29, 1.82) is 0 Å². The Morgan fingerprint density at radius 2 is 1.87 bits per heavy atom. The number of fused-ring (bicyclic) bond motifs is 1. The van der Waals surface area contributed by atoms with E-state index in [-0.39, 0.29) is 23.1 Å². The number of carbonyl (C=O) groups is 1. The Kier molecular flexibility index (Phi) is 6.21. The van der Waals surface area contributed by atoms with Crippen LogP contribution in [0.15, 0.2) is 30.3 Å². The van der Waals surface area contributed by atoms with Crippen LogP contribution in [-0.4, -0.2) is 23.3 Å². The molecular weight excluding hydrogens is 407 g/mol. The second-order valence-electron chi connectivity index (χ2n) is 9.28. The molecule has 2 aromatic rings. The fourth-order valence-electron chi connectivity index (χ4n) is 3.68. The number of carbonyl (C=O) groups excluding carboxylic acids is 1. The topological polar surface area (TPSA) is 54.5 Å². The summed E-state index contributed by atoms with van der Waals surface area (Å²) >= 11 is 0. The van der Waals surface area contributed by atoms with Crippen molar-refractivity contribution < 1.29 is 22.7 Å². The minimum Gasteiger partial charge on any atom is -0.406 e. The SMILES string of the molecule is Cc1cc2c(nc1NC(=O)CC(C)(C)C)C[C@H](C)N2Cc1ccc(OC(F)(F)F)cc1. The van der Waals surface area contributed by atoms with Crippen LogP contribution in [0.4, 0.5) is 24.7 Å². The molecule has 0 fully saturated rings. The average molecular weight is 435 g/mol. The first-order chi connectivity index (χ1) is 14.3. The van der Waals surface area contributed by atoms with Gasteiger partial charge >= 0.3 is 6.36 Å². The van der Waals surface area contributed by atoms with Gasteiger partial charge in [-0.15, -0.1) is 13.2 Å². The summed E-state index contributed by atoms with van der Waals surface area (Å²) in [6.07, 6.45) is -3.57. The van der Waals surface area contributed by atoms with Gasteiger partial charge in [0.1, 0.15) is 11.6 Å². The first-order valence-electron chi connectivity index (χ1n) is 10.2. The van der Waals surface area contributed by atoms with Crippen molar-refractivity contribution in [2.45, 2.75) is 66.4 Å². The molecule has 3 rings (SSSR count). The van der Waals surface area contributed by atoms with Crippen LogP contribution >= 0.6 is 0 Å². The van der Waals surface area contributed by atoms with E-state index in [0.29, 0.717) is 18.8 Å². The van der Waals surface area contributed by atoms with E-state index >= 15 is 0 Å². The van der Waals surface area contributed by atoms with E-state index in [1.54, 1.807) is 12.1 Å². The minimum atomic E-state index is -4.70. The van der Waals surface area contributed by atoms with Crippen LogP contribution in [-0.2, 0) is 17.8 Å². The van der Waals surface area contributed by atoms with Crippen LogP contribution in [0.1, 0.15) is 50.9 Å². The lowest BCUT2D eigenvalue weighted by molar-refractivity contribution is -0.274. The van der Waals surface area contributed by atoms with E-state index < -0.39 is 6.36 Å². The Labute approximate surface area is 180 Å². The summed E-state index contributed by atoms with van der Waals surface area (Å²) < 4.78 is 41.0. The summed E-state index contributed by atoms with van der Waals surface area (Å²) in [5.74, 6) is 0.280. The highest BCUT2D eigenvalue weighted by molar-refractivity contribution is 5.91. The van der Waals surface area contributed by atoms with Crippen molar-refractivity contribution >= 4 is 17.4 Å². The molecule has 1 aromatic heterocycles. The molecule has 1 aliphatic rings. The molecule has 0 radical (unpaired) electrons. The molecule has 1 amide bonds. The highest BCUT2D eigenvalue weighted by atomic mass is 19.4. The van der Waals surface area contributed by atoms with Crippen LogP contribution < -0.4 is 15.0 Å². The number of nitrogens with zero attached hydrogens (tertiary/aromatic N) is 2. The third kappa shape index (κ3) is 6.12. The molecule has 1 aromatic carbocycles. The maximum Gasteiger partial charge on any atom is 0.573 e. The molecule has 0 spiro atoms. The number of benzene rings is 1. The van der Waals surface area contributed by atoms with Crippen molar-refractivity contribution in [3.05, 3.63) is 47.2 Å². The second kappa shape index (κ2) is 8.40. The lowest BCUT2D eigenvalue weighted by Gasteiger charge is -2.25. The van der Waals surface area contributed by atoms with E-state index in [0.717, 1.165) is 28.9 Å². The Hall–Kier alpha value is -2.77. The average Bonchev–Trinajstić information content (AvgIpc) is 2.89. The summed E-state index contributed by atoms with van der Waals surface area (Å²) in [7, 11) is 0. The van der Waals surface area contributed by atoms with E-state index in [4.69, 9.17) is 4.98 Å². The smallest absolute Gasteiger partial charge is 0.406 e. The second-order valence-corrected chi connectivity index (χ2v) is 9.28. The van der Waals surface area contributed by atoms with Crippen LogP contribution in [0, 0.1) is 12.3 Å². The summed E-state index contributed by atoms with van der Waals surface area (Å²) in [6.45, 7) is 10.6. The number of nitrogens with one attached hydrogen (secondary N) is 1. The van der Waals surface area contributed by atoms with Gasteiger partial charge in [0.2, 0.25) is 5.91 Å². The highest BCUT2D eigenvalue weighted by Crippen LogP contribution is 2.35. The number of pyridine rings is 1. The lowest BCUT2D eigenvalue weighted by atomic mass is 9.92. The molecule has 168 valence electrons. The van der Waals surface area contributed by atoms with Crippen molar-refractivity contribution in [2.24, 2.45) is 5.41 Å². The quantitative estimate of drug-likeness (QED) is 0.663. The molecule has 8 heteroatoms. The zero-order chi connectivity index (χ0) is 23.0. The van der Waals surface area contributed by atoms with Gasteiger partial charge in [0.05, 0.1) is 11.4 Å². The largest absolute Gasteiger partial charge is 0.573 e. The summed E-state index contributed by atoms with van der Waals surface area (Å²) in [5.41, 5.74) is 3.51. The van der Waals surface area contributed by atoms with E-state index in [1.807, 2.05) is 33.8 Å². The Balaban J connectivity index is 1.75. The zero-order valence-electron chi connectivity index (χ0n) is 18.4. The van der Waals surface area contributed by atoms with Crippen LogP contribution in [0.2, 0.25) is 0 Å². The van der Waals surface area contributed by atoms with Crippen molar-refractivity contribution in [1.82, 2.24) is 4.98 Å². The molecule has 1 N–H and O–H groups in total. The summed E-state index contributed by atoms with van der Waals surface area (Å²) in [4.78, 5) is 19.2. The molecule has 0 unspecified atom stereocenters. The molecule has 2 heterocycles. The van der Waals surface area contributed by atoms with Crippen molar-refractivity contribution in [3.8, 4) is 5.75 Å². The Morgan fingerprint density at radius 3 is 2.45 bits per heavy atom. The van der Waals surface area contributed by atoms with Gasteiger partial charge in [-0.2, -0.15) is 0 Å².